The van der Waals surface area contributed by atoms with Crippen LogP contribution in [0.1, 0.15) is 45.4 Å². The van der Waals surface area contributed by atoms with Crippen molar-refractivity contribution in [2.75, 3.05) is 0 Å². The van der Waals surface area contributed by atoms with E-state index in [1.54, 1.807) is 0 Å². The molecule has 1 aliphatic carbocycles. The molecule has 0 radical (unpaired) electrons. The van der Waals surface area contributed by atoms with Crippen LogP contribution in [0.5, 0.6) is 0 Å². The van der Waals surface area contributed by atoms with Crippen LogP contribution in [-0.4, -0.2) is 0 Å². The second kappa shape index (κ2) is 3.80. The maximum atomic E-state index is 4.04. The first kappa shape index (κ1) is 7.84. The molecule has 1 rings (SSSR count). The molecule has 0 bridgehead atoms. The summed E-state index contributed by atoms with van der Waals surface area (Å²) in [4.78, 5) is 0. The predicted octanol–water partition coefficient (Wildman–Crippen LogP) is 3.53. The molecule has 0 heteroatoms. The van der Waals surface area contributed by atoms with E-state index >= 15 is 0 Å². The summed E-state index contributed by atoms with van der Waals surface area (Å²) in [6, 6.07) is 0. The number of hydrogen-bond donors (Lipinski definition) is 0. The van der Waals surface area contributed by atoms with Crippen LogP contribution in [0.25, 0.3) is 0 Å². The third-order valence-electron chi connectivity index (χ3n) is 2.63. The van der Waals surface area contributed by atoms with E-state index in [9.17, 15) is 0 Å². The van der Waals surface area contributed by atoms with E-state index in [0.717, 1.165) is 5.92 Å². The summed E-state index contributed by atoms with van der Waals surface area (Å²) in [6.07, 6.45) is 8.17. The molecule has 1 atom stereocenters. The Bertz CT molecular complexity index is 113. The Morgan fingerprint density at radius 1 is 1.40 bits per heavy atom. The smallest absolute Gasteiger partial charge is 0.0320 e. The SMILES string of the molecule is C=C1CCCC(CC)CC1. The van der Waals surface area contributed by atoms with Gasteiger partial charge in [-0.3, -0.25) is 0 Å². The van der Waals surface area contributed by atoms with E-state index in [2.05, 4.69) is 13.5 Å². The second-order valence-electron chi connectivity index (χ2n) is 3.46. The van der Waals surface area contributed by atoms with Gasteiger partial charge in [-0.25, -0.2) is 0 Å². The van der Waals surface area contributed by atoms with Crippen molar-refractivity contribution in [1.82, 2.24) is 0 Å². The Labute approximate surface area is 64.3 Å². The van der Waals surface area contributed by atoms with E-state index in [4.69, 9.17) is 0 Å². The van der Waals surface area contributed by atoms with E-state index in [0.29, 0.717) is 0 Å². The van der Waals surface area contributed by atoms with Crippen molar-refractivity contribution in [3.63, 3.8) is 0 Å². The van der Waals surface area contributed by atoms with Crippen LogP contribution in [0, 0.1) is 5.92 Å². The third kappa shape index (κ3) is 2.17. The van der Waals surface area contributed by atoms with Crippen molar-refractivity contribution in [3.05, 3.63) is 12.2 Å². The molecule has 58 valence electrons. The van der Waals surface area contributed by atoms with Crippen LogP contribution in [-0.2, 0) is 0 Å². The van der Waals surface area contributed by atoms with Crippen molar-refractivity contribution in [2.24, 2.45) is 5.92 Å². The summed E-state index contributed by atoms with van der Waals surface area (Å²) in [5.41, 5.74) is 1.48. The Hall–Kier alpha value is -0.260. The van der Waals surface area contributed by atoms with Gasteiger partial charge in [0.15, 0.2) is 0 Å². The first-order chi connectivity index (χ1) is 4.83. The van der Waals surface area contributed by atoms with Crippen LogP contribution in [0.3, 0.4) is 0 Å². The molecule has 10 heavy (non-hydrogen) atoms. The average Bonchev–Trinajstić information content (AvgIpc) is 2.14. The zero-order chi connectivity index (χ0) is 7.40. The fraction of sp³-hybridized carbons (Fsp3) is 0.800. The lowest BCUT2D eigenvalue weighted by molar-refractivity contribution is 0.449. The summed E-state index contributed by atoms with van der Waals surface area (Å²) in [5.74, 6) is 0.999. The molecule has 0 aromatic rings. The molecule has 0 aliphatic heterocycles. The van der Waals surface area contributed by atoms with Gasteiger partial charge in [0.25, 0.3) is 0 Å². The molecule has 0 amide bonds. The lowest BCUT2D eigenvalue weighted by atomic mass is 9.98. The Kier molecular flexibility index (Phi) is 2.98. The summed E-state index contributed by atoms with van der Waals surface area (Å²) in [7, 11) is 0. The summed E-state index contributed by atoms with van der Waals surface area (Å²) in [6.45, 7) is 6.35. The van der Waals surface area contributed by atoms with Gasteiger partial charge >= 0.3 is 0 Å². The Morgan fingerprint density at radius 2 is 2.20 bits per heavy atom. The van der Waals surface area contributed by atoms with Crippen molar-refractivity contribution in [2.45, 2.75) is 45.4 Å². The summed E-state index contributed by atoms with van der Waals surface area (Å²) in [5, 5.41) is 0. The summed E-state index contributed by atoms with van der Waals surface area (Å²) < 4.78 is 0. The van der Waals surface area contributed by atoms with E-state index in [1.807, 2.05) is 0 Å². The molecular formula is C10H18. The predicted molar refractivity (Wildman–Crippen MR) is 46.0 cm³/mol. The fourth-order valence-corrected chi connectivity index (χ4v) is 1.73. The number of hydrogen-bond acceptors (Lipinski definition) is 0. The van der Waals surface area contributed by atoms with Gasteiger partial charge in [-0.1, -0.05) is 31.9 Å². The van der Waals surface area contributed by atoms with Crippen LogP contribution >= 0.6 is 0 Å². The van der Waals surface area contributed by atoms with Crippen molar-refractivity contribution < 1.29 is 0 Å². The average molecular weight is 138 g/mol. The molecule has 0 heterocycles. The molecule has 0 aromatic heterocycles. The maximum absolute atomic E-state index is 4.04. The normalized spacial score (nSPS) is 28.1. The van der Waals surface area contributed by atoms with Gasteiger partial charge in [-0.15, -0.1) is 0 Å². The van der Waals surface area contributed by atoms with Crippen LogP contribution < -0.4 is 0 Å². The monoisotopic (exact) mass is 138 g/mol. The molecule has 1 fully saturated rings. The zero-order valence-corrected chi connectivity index (χ0v) is 7.03. The molecule has 0 saturated heterocycles. The molecule has 1 aliphatic rings. The number of rotatable bonds is 1. The van der Waals surface area contributed by atoms with Crippen LogP contribution in [0.15, 0.2) is 12.2 Å². The van der Waals surface area contributed by atoms with Gasteiger partial charge in [0.05, 0.1) is 0 Å². The van der Waals surface area contributed by atoms with E-state index in [-0.39, 0.29) is 0 Å². The minimum Gasteiger partial charge on any atom is -0.0999 e. The molecule has 0 spiro atoms. The fourth-order valence-electron chi connectivity index (χ4n) is 1.73. The van der Waals surface area contributed by atoms with Crippen molar-refractivity contribution in [1.29, 1.82) is 0 Å². The van der Waals surface area contributed by atoms with E-state index < -0.39 is 0 Å². The number of allylic oxidation sites excluding steroid dienone is 1. The zero-order valence-electron chi connectivity index (χ0n) is 7.03. The largest absolute Gasteiger partial charge is 0.0999 e. The molecular weight excluding hydrogens is 120 g/mol. The minimum atomic E-state index is 0.999. The first-order valence-corrected chi connectivity index (χ1v) is 4.49. The quantitative estimate of drug-likeness (QED) is 0.384. The van der Waals surface area contributed by atoms with Crippen molar-refractivity contribution in [3.8, 4) is 0 Å². The maximum Gasteiger partial charge on any atom is -0.0320 e. The van der Waals surface area contributed by atoms with Gasteiger partial charge in [-0.05, 0) is 31.6 Å². The molecule has 0 N–H and O–H groups in total. The molecule has 1 saturated carbocycles. The van der Waals surface area contributed by atoms with Gasteiger partial charge in [0.1, 0.15) is 0 Å². The van der Waals surface area contributed by atoms with Gasteiger partial charge < -0.3 is 0 Å². The van der Waals surface area contributed by atoms with Crippen LogP contribution in [0.4, 0.5) is 0 Å². The lowest BCUT2D eigenvalue weighted by Gasteiger charge is -2.08. The van der Waals surface area contributed by atoms with Crippen molar-refractivity contribution >= 4 is 0 Å². The highest BCUT2D eigenvalue weighted by Crippen LogP contribution is 2.27. The lowest BCUT2D eigenvalue weighted by Crippen LogP contribution is -1.94. The Balaban J connectivity index is 2.33. The van der Waals surface area contributed by atoms with E-state index in [1.165, 1.54) is 44.1 Å². The first-order valence-electron chi connectivity index (χ1n) is 4.49. The minimum absolute atomic E-state index is 0.999. The highest BCUT2D eigenvalue weighted by molar-refractivity contribution is 4.96. The van der Waals surface area contributed by atoms with Crippen LogP contribution in [0.2, 0.25) is 0 Å². The third-order valence-corrected chi connectivity index (χ3v) is 2.63. The standard InChI is InChI=1S/C10H18/c1-3-10-6-4-5-9(2)7-8-10/h10H,2-8H2,1H3. The Morgan fingerprint density at radius 3 is 2.90 bits per heavy atom. The topological polar surface area (TPSA) is 0 Å². The van der Waals surface area contributed by atoms with Gasteiger partial charge in [0.2, 0.25) is 0 Å². The summed E-state index contributed by atoms with van der Waals surface area (Å²) >= 11 is 0. The van der Waals surface area contributed by atoms with Gasteiger partial charge in [-0.2, -0.15) is 0 Å². The molecule has 1 unspecified atom stereocenters. The highest BCUT2D eigenvalue weighted by Gasteiger charge is 2.10. The molecule has 0 nitrogen and oxygen atoms in total. The van der Waals surface area contributed by atoms with Gasteiger partial charge in [0, 0.05) is 0 Å². The highest BCUT2D eigenvalue weighted by atomic mass is 14.2. The molecule has 0 aromatic carbocycles. The second-order valence-corrected chi connectivity index (χ2v) is 3.46.